The molecular weight excluding hydrogens is 256 g/mol. The summed E-state index contributed by atoms with van der Waals surface area (Å²) in [5.41, 5.74) is 0.957. The van der Waals surface area contributed by atoms with Crippen LogP contribution in [-0.4, -0.2) is 43.5 Å². The van der Waals surface area contributed by atoms with E-state index in [2.05, 4.69) is 9.97 Å². The van der Waals surface area contributed by atoms with Gasteiger partial charge in [-0.1, -0.05) is 30.3 Å². The third kappa shape index (κ3) is 4.01. The van der Waals surface area contributed by atoms with Crippen LogP contribution in [0.2, 0.25) is 0 Å². The number of aromatic nitrogens is 2. The largest absolute Gasteiger partial charge is 0.475 e. The van der Waals surface area contributed by atoms with Crippen LogP contribution in [0.25, 0.3) is 11.4 Å². The van der Waals surface area contributed by atoms with Crippen molar-refractivity contribution < 1.29 is 14.2 Å². The van der Waals surface area contributed by atoms with Crippen LogP contribution in [0.15, 0.2) is 42.6 Å². The Hall–Kier alpha value is -1.98. The number of ether oxygens (including phenoxy) is 3. The summed E-state index contributed by atoms with van der Waals surface area (Å²) in [7, 11) is 3.26. The number of benzene rings is 1. The molecule has 0 amide bonds. The van der Waals surface area contributed by atoms with Gasteiger partial charge in [0.25, 0.3) is 0 Å². The minimum absolute atomic E-state index is 0.116. The zero-order valence-corrected chi connectivity index (χ0v) is 11.7. The minimum atomic E-state index is -0.116. The van der Waals surface area contributed by atoms with Crippen LogP contribution < -0.4 is 4.74 Å². The van der Waals surface area contributed by atoms with Gasteiger partial charge in [0.05, 0.1) is 6.61 Å². The zero-order valence-electron chi connectivity index (χ0n) is 11.7. The lowest BCUT2D eigenvalue weighted by Crippen LogP contribution is -2.25. The number of hydrogen-bond acceptors (Lipinski definition) is 5. The maximum absolute atomic E-state index is 5.62. The van der Waals surface area contributed by atoms with Crippen molar-refractivity contribution in [3.8, 4) is 17.3 Å². The van der Waals surface area contributed by atoms with Crippen molar-refractivity contribution in [3.05, 3.63) is 42.6 Å². The lowest BCUT2D eigenvalue weighted by Gasteiger charge is -2.14. The van der Waals surface area contributed by atoms with E-state index in [4.69, 9.17) is 14.2 Å². The third-order valence-electron chi connectivity index (χ3n) is 2.77. The molecule has 0 spiro atoms. The lowest BCUT2D eigenvalue weighted by molar-refractivity contribution is -0.0000385. The van der Waals surface area contributed by atoms with E-state index in [1.54, 1.807) is 26.5 Å². The average molecular weight is 274 g/mol. The van der Waals surface area contributed by atoms with Crippen LogP contribution >= 0.6 is 0 Å². The molecule has 1 aromatic heterocycles. The van der Waals surface area contributed by atoms with E-state index >= 15 is 0 Å². The molecule has 0 aliphatic heterocycles. The van der Waals surface area contributed by atoms with Gasteiger partial charge in [-0.15, -0.1) is 0 Å². The van der Waals surface area contributed by atoms with Crippen molar-refractivity contribution in [2.75, 3.05) is 27.4 Å². The van der Waals surface area contributed by atoms with Gasteiger partial charge in [-0.25, -0.2) is 4.98 Å². The number of rotatable bonds is 7. The maximum atomic E-state index is 5.62. The van der Waals surface area contributed by atoms with E-state index in [9.17, 15) is 0 Å². The van der Waals surface area contributed by atoms with Gasteiger partial charge in [0.15, 0.2) is 5.82 Å². The van der Waals surface area contributed by atoms with Crippen LogP contribution in [-0.2, 0) is 9.47 Å². The van der Waals surface area contributed by atoms with Crippen LogP contribution in [0.3, 0.4) is 0 Å². The Bertz CT molecular complexity index is 520. The number of hydrogen-bond donors (Lipinski definition) is 0. The molecule has 0 radical (unpaired) electrons. The minimum Gasteiger partial charge on any atom is -0.475 e. The van der Waals surface area contributed by atoms with Crippen molar-refractivity contribution >= 4 is 0 Å². The Balaban J connectivity index is 2.03. The van der Waals surface area contributed by atoms with Crippen molar-refractivity contribution in [3.63, 3.8) is 0 Å². The molecule has 0 unspecified atom stereocenters. The molecule has 20 heavy (non-hydrogen) atoms. The molecule has 0 bridgehead atoms. The van der Waals surface area contributed by atoms with Gasteiger partial charge in [0.1, 0.15) is 12.7 Å². The Morgan fingerprint density at radius 1 is 1.05 bits per heavy atom. The van der Waals surface area contributed by atoms with Gasteiger partial charge in [-0.3, -0.25) is 0 Å². The van der Waals surface area contributed by atoms with E-state index < -0.39 is 0 Å². The first-order valence-corrected chi connectivity index (χ1v) is 6.36. The van der Waals surface area contributed by atoms with Crippen LogP contribution in [0.4, 0.5) is 0 Å². The van der Waals surface area contributed by atoms with E-state index in [-0.39, 0.29) is 6.10 Å². The predicted octanol–water partition coefficient (Wildman–Crippen LogP) is 2.18. The first-order valence-electron chi connectivity index (χ1n) is 6.36. The van der Waals surface area contributed by atoms with Gasteiger partial charge >= 0.3 is 0 Å². The zero-order chi connectivity index (χ0) is 14.2. The van der Waals surface area contributed by atoms with Gasteiger partial charge in [0, 0.05) is 32.0 Å². The van der Waals surface area contributed by atoms with E-state index in [0.29, 0.717) is 24.9 Å². The molecule has 1 atom stereocenters. The quantitative estimate of drug-likeness (QED) is 0.774. The highest BCUT2D eigenvalue weighted by Gasteiger charge is 2.09. The van der Waals surface area contributed by atoms with Gasteiger partial charge < -0.3 is 14.2 Å². The molecule has 5 heteroatoms. The van der Waals surface area contributed by atoms with E-state index in [1.807, 2.05) is 30.3 Å². The second kappa shape index (κ2) is 7.57. The van der Waals surface area contributed by atoms with E-state index in [1.165, 1.54) is 0 Å². The normalized spacial score (nSPS) is 12.1. The summed E-state index contributed by atoms with van der Waals surface area (Å²) in [4.78, 5) is 8.63. The van der Waals surface area contributed by atoms with Crippen molar-refractivity contribution in [1.82, 2.24) is 9.97 Å². The highest BCUT2D eigenvalue weighted by molar-refractivity contribution is 5.54. The molecule has 0 aliphatic carbocycles. The van der Waals surface area contributed by atoms with Gasteiger partial charge in [-0.2, -0.15) is 4.98 Å². The lowest BCUT2D eigenvalue weighted by atomic mass is 10.2. The fourth-order valence-electron chi connectivity index (χ4n) is 1.70. The van der Waals surface area contributed by atoms with Crippen molar-refractivity contribution in [2.45, 2.75) is 6.10 Å². The van der Waals surface area contributed by atoms with Crippen LogP contribution in [0.5, 0.6) is 5.88 Å². The van der Waals surface area contributed by atoms with Crippen molar-refractivity contribution in [2.24, 2.45) is 0 Å². The molecule has 2 aromatic rings. The molecule has 1 heterocycles. The van der Waals surface area contributed by atoms with Crippen LogP contribution in [0.1, 0.15) is 0 Å². The summed E-state index contributed by atoms with van der Waals surface area (Å²) in [6.07, 6.45) is 1.57. The summed E-state index contributed by atoms with van der Waals surface area (Å²) in [5, 5.41) is 0. The summed E-state index contributed by atoms with van der Waals surface area (Å²) in [5.74, 6) is 1.17. The Morgan fingerprint density at radius 3 is 2.55 bits per heavy atom. The molecule has 1 aromatic carbocycles. The highest BCUT2D eigenvalue weighted by atomic mass is 16.6. The molecule has 0 fully saturated rings. The highest BCUT2D eigenvalue weighted by Crippen LogP contribution is 2.16. The summed E-state index contributed by atoms with van der Waals surface area (Å²) < 4.78 is 15.9. The average Bonchev–Trinajstić information content (AvgIpc) is 2.52. The van der Waals surface area contributed by atoms with Gasteiger partial charge in [0.2, 0.25) is 5.88 Å². The molecular formula is C15H18N2O3. The first kappa shape index (κ1) is 14.4. The fourth-order valence-corrected chi connectivity index (χ4v) is 1.70. The monoisotopic (exact) mass is 274 g/mol. The van der Waals surface area contributed by atoms with Crippen molar-refractivity contribution in [1.29, 1.82) is 0 Å². The second-order valence-corrected chi connectivity index (χ2v) is 4.21. The van der Waals surface area contributed by atoms with Crippen LogP contribution in [0, 0.1) is 0 Å². The number of methoxy groups -OCH3 is 2. The molecule has 0 aliphatic rings. The maximum Gasteiger partial charge on any atom is 0.216 e. The number of nitrogens with zero attached hydrogens (tertiary/aromatic N) is 2. The summed E-state index contributed by atoms with van der Waals surface area (Å²) in [6.45, 7) is 0.864. The standard InChI is InChI=1S/C15H18N2O3/c1-18-10-13(19-2)11-20-14-8-9-16-15(17-14)12-6-4-3-5-7-12/h3-9,13H,10-11H2,1-2H3/t13-/m1/s1. The molecule has 0 N–H and O–H groups in total. The molecule has 0 saturated heterocycles. The molecule has 106 valence electrons. The summed E-state index contributed by atoms with van der Waals surface area (Å²) in [6, 6.07) is 11.5. The fraction of sp³-hybridized carbons (Fsp3) is 0.333. The van der Waals surface area contributed by atoms with E-state index in [0.717, 1.165) is 5.56 Å². The first-order chi connectivity index (χ1) is 9.83. The smallest absolute Gasteiger partial charge is 0.216 e. The molecule has 5 nitrogen and oxygen atoms in total. The Kier molecular flexibility index (Phi) is 5.46. The predicted molar refractivity (Wildman–Crippen MR) is 75.6 cm³/mol. The molecule has 0 saturated carbocycles. The Morgan fingerprint density at radius 2 is 1.85 bits per heavy atom. The molecule has 2 rings (SSSR count). The van der Waals surface area contributed by atoms with Gasteiger partial charge in [-0.05, 0) is 0 Å². The SMILES string of the molecule is COC[C@H](COc1ccnc(-c2ccccc2)n1)OC. The topological polar surface area (TPSA) is 53.5 Å². The second-order valence-electron chi connectivity index (χ2n) is 4.21. The third-order valence-corrected chi connectivity index (χ3v) is 2.77. The summed E-state index contributed by atoms with van der Waals surface area (Å²) >= 11 is 0. The Labute approximate surface area is 118 Å².